The molecule has 3 rings (SSSR count). The minimum atomic E-state index is -0.313. The zero-order chi connectivity index (χ0) is 19.8. The van der Waals surface area contributed by atoms with Crippen LogP contribution in [0, 0.1) is 5.92 Å². The maximum atomic E-state index is 12.7. The van der Waals surface area contributed by atoms with Gasteiger partial charge < -0.3 is 15.0 Å². The van der Waals surface area contributed by atoms with Gasteiger partial charge in [0.2, 0.25) is 5.91 Å². The summed E-state index contributed by atoms with van der Waals surface area (Å²) in [7, 11) is 0. The number of nitrogens with zero attached hydrogens (tertiary/aromatic N) is 2. The Balaban J connectivity index is 1.53. The Kier molecular flexibility index (Phi) is 7.71. The van der Waals surface area contributed by atoms with Crippen molar-refractivity contribution < 1.29 is 14.3 Å². The molecule has 2 fully saturated rings. The van der Waals surface area contributed by atoms with Gasteiger partial charge in [0.05, 0.1) is 12.5 Å². The van der Waals surface area contributed by atoms with Crippen LogP contribution in [0.25, 0.3) is 0 Å². The Labute approximate surface area is 168 Å². The minimum absolute atomic E-state index is 0.0294. The molecule has 2 heterocycles. The Morgan fingerprint density at radius 2 is 1.82 bits per heavy atom. The molecule has 0 saturated carbocycles. The van der Waals surface area contributed by atoms with Crippen LogP contribution < -0.4 is 5.32 Å². The maximum Gasteiger partial charge on any atom is 0.409 e. The van der Waals surface area contributed by atoms with Crippen molar-refractivity contribution in [1.29, 1.82) is 0 Å². The van der Waals surface area contributed by atoms with Crippen molar-refractivity contribution in [3.63, 3.8) is 0 Å². The summed E-state index contributed by atoms with van der Waals surface area (Å²) in [5, 5.41) is 3.10. The number of likely N-dealkylation sites (tertiary alicyclic amines) is 2. The second-order valence-corrected chi connectivity index (χ2v) is 7.81. The van der Waals surface area contributed by atoms with E-state index in [0.29, 0.717) is 26.2 Å². The molecule has 1 unspecified atom stereocenters. The van der Waals surface area contributed by atoms with E-state index in [9.17, 15) is 9.59 Å². The topological polar surface area (TPSA) is 61.9 Å². The number of nitrogens with one attached hydrogen (secondary N) is 1. The molecule has 0 aromatic heterocycles. The lowest BCUT2D eigenvalue weighted by Gasteiger charge is -2.31. The van der Waals surface area contributed by atoms with E-state index in [1.165, 1.54) is 30.4 Å². The van der Waals surface area contributed by atoms with Crippen LogP contribution in [0.4, 0.5) is 4.79 Å². The van der Waals surface area contributed by atoms with Crippen LogP contribution in [0.15, 0.2) is 24.3 Å². The van der Waals surface area contributed by atoms with Crippen molar-refractivity contribution >= 4 is 12.0 Å². The lowest BCUT2D eigenvalue weighted by Crippen LogP contribution is -2.45. The van der Waals surface area contributed by atoms with E-state index in [4.69, 9.17) is 4.74 Å². The number of hydrogen-bond donors (Lipinski definition) is 1. The fraction of sp³-hybridized carbons (Fsp3) is 0.636. The first-order chi connectivity index (χ1) is 13.7. The van der Waals surface area contributed by atoms with Gasteiger partial charge in [0, 0.05) is 26.2 Å². The summed E-state index contributed by atoms with van der Waals surface area (Å²) >= 11 is 0. The van der Waals surface area contributed by atoms with Crippen LogP contribution in [0.5, 0.6) is 0 Å². The molecule has 2 saturated heterocycles. The Bertz CT molecular complexity index is 658. The lowest BCUT2D eigenvalue weighted by atomic mass is 9.97. The zero-order valence-corrected chi connectivity index (χ0v) is 17.0. The van der Waals surface area contributed by atoms with Gasteiger partial charge in [0.15, 0.2) is 0 Å². The van der Waals surface area contributed by atoms with Crippen molar-refractivity contribution in [2.45, 2.75) is 52.1 Å². The van der Waals surface area contributed by atoms with E-state index < -0.39 is 0 Å². The molecule has 2 aliphatic rings. The van der Waals surface area contributed by atoms with E-state index in [1.807, 2.05) is 6.07 Å². The Morgan fingerprint density at radius 3 is 2.57 bits per heavy atom. The normalized spacial score (nSPS) is 20.6. The average Bonchev–Trinajstić information content (AvgIpc) is 2.74. The van der Waals surface area contributed by atoms with Gasteiger partial charge >= 0.3 is 6.09 Å². The SMILES string of the molecule is CCOC(=O)N1CCCC(C(=O)NCc2ccccc2CN2CCCCC2)C1. The number of ether oxygens (including phenoxy) is 1. The van der Waals surface area contributed by atoms with Gasteiger partial charge in [-0.05, 0) is 56.8 Å². The van der Waals surface area contributed by atoms with E-state index >= 15 is 0 Å². The van der Waals surface area contributed by atoms with Crippen LogP contribution in [-0.2, 0) is 22.6 Å². The second-order valence-electron chi connectivity index (χ2n) is 7.81. The quantitative estimate of drug-likeness (QED) is 0.814. The van der Waals surface area contributed by atoms with Crippen LogP contribution in [0.2, 0.25) is 0 Å². The molecule has 28 heavy (non-hydrogen) atoms. The monoisotopic (exact) mass is 387 g/mol. The molecule has 0 bridgehead atoms. The summed E-state index contributed by atoms with van der Waals surface area (Å²) in [6.07, 6.45) is 5.22. The summed E-state index contributed by atoms with van der Waals surface area (Å²) in [5.74, 6) is -0.130. The second kappa shape index (κ2) is 10.5. The van der Waals surface area contributed by atoms with Gasteiger partial charge in [-0.3, -0.25) is 9.69 Å². The van der Waals surface area contributed by atoms with Crippen molar-refractivity contribution in [1.82, 2.24) is 15.1 Å². The van der Waals surface area contributed by atoms with Gasteiger partial charge in [-0.1, -0.05) is 30.7 Å². The molecule has 0 radical (unpaired) electrons. The number of piperidine rings is 2. The number of benzene rings is 1. The van der Waals surface area contributed by atoms with Crippen molar-refractivity contribution in [2.24, 2.45) is 5.92 Å². The molecule has 1 N–H and O–H groups in total. The minimum Gasteiger partial charge on any atom is -0.450 e. The largest absolute Gasteiger partial charge is 0.450 e. The molecule has 0 spiro atoms. The molecule has 2 amide bonds. The van der Waals surface area contributed by atoms with E-state index in [2.05, 4.69) is 28.4 Å². The molecular formula is C22H33N3O3. The molecule has 2 aliphatic heterocycles. The van der Waals surface area contributed by atoms with E-state index in [1.54, 1.807) is 11.8 Å². The summed E-state index contributed by atoms with van der Waals surface area (Å²) in [5.41, 5.74) is 2.47. The lowest BCUT2D eigenvalue weighted by molar-refractivity contribution is -0.126. The van der Waals surface area contributed by atoms with Gasteiger partial charge in [-0.2, -0.15) is 0 Å². The van der Waals surface area contributed by atoms with Crippen molar-refractivity contribution in [3.8, 4) is 0 Å². The van der Waals surface area contributed by atoms with Crippen LogP contribution >= 0.6 is 0 Å². The zero-order valence-electron chi connectivity index (χ0n) is 17.0. The number of hydrogen-bond acceptors (Lipinski definition) is 4. The fourth-order valence-corrected chi connectivity index (χ4v) is 4.14. The molecule has 6 nitrogen and oxygen atoms in total. The highest BCUT2D eigenvalue weighted by Crippen LogP contribution is 2.19. The molecule has 1 aromatic rings. The highest BCUT2D eigenvalue weighted by Gasteiger charge is 2.29. The van der Waals surface area contributed by atoms with Crippen LogP contribution in [-0.4, -0.2) is 54.6 Å². The maximum absolute atomic E-state index is 12.7. The van der Waals surface area contributed by atoms with E-state index in [-0.39, 0.29) is 17.9 Å². The smallest absolute Gasteiger partial charge is 0.409 e. The van der Waals surface area contributed by atoms with Gasteiger partial charge in [-0.15, -0.1) is 0 Å². The average molecular weight is 388 g/mol. The Morgan fingerprint density at radius 1 is 1.07 bits per heavy atom. The van der Waals surface area contributed by atoms with Gasteiger partial charge in [0.25, 0.3) is 0 Å². The standard InChI is InChI=1S/C22H33N3O3/c1-2-28-22(27)25-14-8-11-20(17-25)21(26)23-15-18-9-4-5-10-19(18)16-24-12-6-3-7-13-24/h4-5,9-10,20H,2-3,6-8,11-17H2,1H3,(H,23,26). The van der Waals surface area contributed by atoms with Gasteiger partial charge in [-0.25, -0.2) is 4.79 Å². The summed E-state index contributed by atoms with van der Waals surface area (Å²) in [4.78, 5) is 28.8. The first-order valence-corrected chi connectivity index (χ1v) is 10.7. The van der Waals surface area contributed by atoms with Crippen LogP contribution in [0.1, 0.15) is 50.2 Å². The Hall–Kier alpha value is -2.08. The number of carbonyl (C=O) groups excluding carboxylic acids is 2. The molecule has 154 valence electrons. The predicted octanol–water partition coefficient (Wildman–Crippen LogP) is 3.16. The summed E-state index contributed by atoms with van der Waals surface area (Å²) in [6.45, 7) is 7.08. The number of amides is 2. The molecule has 1 aromatic carbocycles. The highest BCUT2D eigenvalue weighted by molar-refractivity contribution is 5.80. The molecular weight excluding hydrogens is 354 g/mol. The summed E-state index contributed by atoms with van der Waals surface area (Å²) in [6, 6.07) is 8.37. The van der Waals surface area contributed by atoms with E-state index in [0.717, 1.165) is 32.5 Å². The first-order valence-electron chi connectivity index (χ1n) is 10.7. The highest BCUT2D eigenvalue weighted by atomic mass is 16.6. The van der Waals surface area contributed by atoms with Gasteiger partial charge in [0.1, 0.15) is 0 Å². The third-order valence-corrected chi connectivity index (χ3v) is 5.73. The number of carbonyl (C=O) groups is 2. The van der Waals surface area contributed by atoms with Crippen LogP contribution in [0.3, 0.4) is 0 Å². The molecule has 0 aliphatic carbocycles. The summed E-state index contributed by atoms with van der Waals surface area (Å²) < 4.78 is 5.08. The first kappa shape index (κ1) is 20.6. The molecule has 1 atom stereocenters. The van der Waals surface area contributed by atoms with Crippen molar-refractivity contribution in [3.05, 3.63) is 35.4 Å². The molecule has 6 heteroatoms. The fourth-order valence-electron chi connectivity index (χ4n) is 4.14. The predicted molar refractivity (Wildman–Crippen MR) is 109 cm³/mol. The third-order valence-electron chi connectivity index (χ3n) is 5.73. The van der Waals surface area contributed by atoms with Crippen molar-refractivity contribution in [2.75, 3.05) is 32.8 Å². The third kappa shape index (κ3) is 5.71. The number of rotatable bonds is 6.